The number of carbonyl (C=O) groups excluding carboxylic acids is 1. The Kier molecular flexibility index (Phi) is 6.96. The number of amides is 1. The highest BCUT2D eigenvalue weighted by Crippen LogP contribution is 2.47. The lowest BCUT2D eigenvalue weighted by atomic mass is 9.98. The summed E-state index contributed by atoms with van der Waals surface area (Å²) < 4.78 is 27.8. The van der Waals surface area contributed by atoms with Gasteiger partial charge in [-0.2, -0.15) is 9.57 Å². The van der Waals surface area contributed by atoms with Gasteiger partial charge in [-0.1, -0.05) is 47.5 Å². The van der Waals surface area contributed by atoms with Gasteiger partial charge in [0.15, 0.2) is 0 Å². The average Bonchev–Trinajstić information content (AvgIpc) is 3.62. The maximum absolute atomic E-state index is 13.3. The van der Waals surface area contributed by atoms with Crippen molar-refractivity contribution < 1.29 is 13.2 Å². The van der Waals surface area contributed by atoms with Crippen molar-refractivity contribution in [1.29, 1.82) is 5.26 Å². The number of nitrogens with zero attached hydrogens (tertiary/aromatic N) is 2. The molecule has 9 heteroatoms. The molecule has 1 fully saturated rings. The van der Waals surface area contributed by atoms with E-state index in [9.17, 15) is 18.5 Å². The Hall–Kier alpha value is -2.89. The summed E-state index contributed by atoms with van der Waals surface area (Å²) in [6.07, 6.45) is 1.66. The average molecular weight is 514 g/mol. The van der Waals surface area contributed by atoms with Crippen molar-refractivity contribution in [2.45, 2.75) is 29.7 Å². The van der Waals surface area contributed by atoms with Crippen LogP contribution in [0, 0.1) is 11.3 Å². The van der Waals surface area contributed by atoms with Crippen molar-refractivity contribution in [1.82, 2.24) is 4.31 Å². The molecule has 1 saturated carbocycles. The van der Waals surface area contributed by atoms with Gasteiger partial charge in [-0.3, -0.25) is 4.79 Å². The lowest BCUT2D eigenvalue weighted by Gasteiger charge is -2.22. The number of sulfonamides is 1. The number of rotatable bonds is 8. The highest BCUT2D eigenvalue weighted by atomic mass is 35.5. The second kappa shape index (κ2) is 9.77. The Morgan fingerprint density at radius 2 is 1.50 bits per heavy atom. The fraction of sp³-hybridized carbons (Fsp3) is 0.200. The molecular weight excluding hydrogens is 493 g/mol. The van der Waals surface area contributed by atoms with Crippen molar-refractivity contribution in [2.24, 2.45) is 0 Å². The molecule has 0 atom stereocenters. The zero-order valence-corrected chi connectivity index (χ0v) is 20.4. The summed E-state index contributed by atoms with van der Waals surface area (Å²) in [6.45, 7) is -0.406. The van der Waals surface area contributed by atoms with Gasteiger partial charge < -0.3 is 5.32 Å². The van der Waals surface area contributed by atoms with Crippen molar-refractivity contribution in [3.8, 4) is 6.07 Å². The first-order chi connectivity index (χ1) is 16.2. The lowest BCUT2D eigenvalue weighted by Crippen LogP contribution is -2.37. The summed E-state index contributed by atoms with van der Waals surface area (Å²) in [6, 6.07) is 22.0. The quantitative estimate of drug-likeness (QED) is 0.437. The van der Waals surface area contributed by atoms with Crippen LogP contribution in [0.25, 0.3) is 0 Å². The molecule has 6 nitrogen and oxygen atoms in total. The molecule has 0 bridgehead atoms. The summed E-state index contributed by atoms with van der Waals surface area (Å²) in [7, 11) is -3.99. The van der Waals surface area contributed by atoms with Gasteiger partial charge in [0, 0.05) is 22.3 Å². The molecule has 1 amide bonds. The van der Waals surface area contributed by atoms with Crippen molar-refractivity contribution in [3.63, 3.8) is 0 Å². The number of hydrogen-bond donors (Lipinski definition) is 1. The first-order valence-electron chi connectivity index (χ1n) is 10.5. The normalized spacial score (nSPS) is 14.4. The number of carbonyl (C=O) groups is 1. The minimum absolute atomic E-state index is 0.0147. The van der Waals surface area contributed by atoms with E-state index in [0.29, 0.717) is 21.3 Å². The van der Waals surface area contributed by atoms with E-state index in [1.165, 1.54) is 24.3 Å². The van der Waals surface area contributed by atoms with E-state index in [2.05, 4.69) is 11.4 Å². The Morgan fingerprint density at radius 3 is 2.03 bits per heavy atom. The fourth-order valence-corrected chi connectivity index (χ4v) is 5.23. The summed E-state index contributed by atoms with van der Waals surface area (Å²) in [5, 5.41) is 13.0. The number of hydrogen-bond acceptors (Lipinski definition) is 4. The van der Waals surface area contributed by atoms with E-state index >= 15 is 0 Å². The van der Waals surface area contributed by atoms with E-state index in [-0.39, 0.29) is 11.4 Å². The Morgan fingerprint density at radius 1 is 0.941 bits per heavy atom. The second-order valence-electron chi connectivity index (χ2n) is 8.17. The van der Waals surface area contributed by atoms with Crippen LogP contribution >= 0.6 is 23.2 Å². The van der Waals surface area contributed by atoms with E-state index < -0.39 is 27.9 Å². The molecule has 0 saturated heterocycles. The molecule has 0 aliphatic heterocycles. The van der Waals surface area contributed by atoms with Gasteiger partial charge >= 0.3 is 0 Å². The van der Waals surface area contributed by atoms with Crippen molar-refractivity contribution >= 4 is 44.8 Å². The van der Waals surface area contributed by atoms with E-state index in [1.807, 2.05) is 12.1 Å². The molecule has 0 aromatic heterocycles. The molecule has 0 heterocycles. The predicted octanol–water partition coefficient (Wildman–Crippen LogP) is 5.38. The molecule has 1 aliphatic rings. The zero-order chi connectivity index (χ0) is 24.3. The van der Waals surface area contributed by atoms with E-state index in [4.69, 9.17) is 23.2 Å². The first kappa shape index (κ1) is 24.2. The van der Waals surface area contributed by atoms with Gasteiger partial charge in [0.1, 0.15) is 0 Å². The van der Waals surface area contributed by atoms with Crippen LogP contribution < -0.4 is 5.32 Å². The SMILES string of the molecule is N#CC1(c2ccc(NC(=O)CN(Cc3ccc(Cl)cc3)S(=O)(=O)c3ccc(Cl)cc3)cc2)CC1. The topological polar surface area (TPSA) is 90.3 Å². The predicted molar refractivity (Wildman–Crippen MR) is 132 cm³/mol. The van der Waals surface area contributed by atoms with E-state index in [1.54, 1.807) is 36.4 Å². The highest BCUT2D eigenvalue weighted by molar-refractivity contribution is 7.89. The van der Waals surface area contributed by atoms with Crippen LogP contribution in [0.4, 0.5) is 5.69 Å². The zero-order valence-electron chi connectivity index (χ0n) is 18.0. The molecule has 3 aromatic carbocycles. The van der Waals surface area contributed by atoms with Crippen LogP contribution in [0.15, 0.2) is 77.7 Å². The molecule has 0 spiro atoms. The third-order valence-corrected chi connectivity index (χ3v) is 8.04. The van der Waals surface area contributed by atoms with Crippen molar-refractivity contribution in [3.05, 3.63) is 94.0 Å². The standard InChI is InChI=1S/C25H21Cl2N3O3S/c26-20-5-1-18(2-6-20)15-30(34(32,33)23-11-7-21(27)8-12-23)16-24(31)29-22-9-3-19(4-10-22)25(17-28)13-14-25/h1-12H,13-16H2,(H,29,31). The maximum atomic E-state index is 13.3. The van der Waals surface area contributed by atoms with Crippen LogP contribution in [-0.2, 0) is 26.8 Å². The molecule has 0 unspecified atom stereocenters. The Labute approximate surface area is 208 Å². The molecule has 1 aliphatic carbocycles. The number of benzene rings is 3. The summed E-state index contributed by atoms with van der Waals surface area (Å²) >= 11 is 11.9. The lowest BCUT2D eigenvalue weighted by molar-refractivity contribution is -0.116. The Bertz CT molecular complexity index is 1330. The van der Waals surface area contributed by atoms with Gasteiger partial charge in [-0.25, -0.2) is 8.42 Å². The molecule has 4 rings (SSSR count). The Balaban J connectivity index is 1.53. The summed E-state index contributed by atoms with van der Waals surface area (Å²) in [5.41, 5.74) is 1.72. The number of halogens is 2. The van der Waals surface area contributed by atoms with Gasteiger partial charge in [0.2, 0.25) is 15.9 Å². The maximum Gasteiger partial charge on any atom is 0.243 e. The third kappa shape index (κ3) is 5.43. The van der Waals surface area contributed by atoms with Gasteiger partial charge in [-0.05, 0) is 72.5 Å². The van der Waals surface area contributed by atoms with Gasteiger partial charge in [-0.15, -0.1) is 0 Å². The molecular formula is C25H21Cl2N3O3S. The molecule has 3 aromatic rings. The highest BCUT2D eigenvalue weighted by Gasteiger charge is 2.44. The van der Waals surface area contributed by atoms with Crippen LogP contribution in [0.2, 0.25) is 10.0 Å². The van der Waals surface area contributed by atoms with Gasteiger partial charge in [0.25, 0.3) is 0 Å². The van der Waals surface area contributed by atoms with Crippen LogP contribution in [0.5, 0.6) is 0 Å². The van der Waals surface area contributed by atoms with Crippen molar-refractivity contribution in [2.75, 3.05) is 11.9 Å². The third-order valence-electron chi connectivity index (χ3n) is 5.73. The summed E-state index contributed by atoms with van der Waals surface area (Å²) in [4.78, 5) is 12.9. The van der Waals surface area contributed by atoms with Crippen LogP contribution in [-0.4, -0.2) is 25.2 Å². The van der Waals surface area contributed by atoms with E-state index in [0.717, 1.165) is 22.7 Å². The first-order valence-corrected chi connectivity index (χ1v) is 12.7. The fourth-order valence-electron chi connectivity index (χ4n) is 3.60. The molecule has 174 valence electrons. The largest absolute Gasteiger partial charge is 0.325 e. The molecule has 1 N–H and O–H groups in total. The van der Waals surface area contributed by atoms with Crippen LogP contribution in [0.3, 0.4) is 0 Å². The van der Waals surface area contributed by atoms with Crippen LogP contribution in [0.1, 0.15) is 24.0 Å². The second-order valence-corrected chi connectivity index (χ2v) is 11.0. The molecule has 34 heavy (non-hydrogen) atoms. The minimum Gasteiger partial charge on any atom is -0.325 e. The number of nitrogens with one attached hydrogen (secondary N) is 1. The van der Waals surface area contributed by atoms with Gasteiger partial charge in [0.05, 0.1) is 22.9 Å². The number of anilines is 1. The summed E-state index contributed by atoms with van der Waals surface area (Å²) in [5.74, 6) is -0.485. The molecule has 0 radical (unpaired) electrons. The minimum atomic E-state index is -3.99. The number of nitriles is 1. The monoisotopic (exact) mass is 513 g/mol. The smallest absolute Gasteiger partial charge is 0.243 e.